The molecular formula is C55H86O6. The van der Waals surface area contributed by atoms with Crippen LogP contribution in [-0.4, -0.2) is 37.2 Å². The fourth-order valence-corrected chi connectivity index (χ4v) is 6.08. The second kappa shape index (κ2) is 48.5. The average molecular weight is 843 g/mol. The molecule has 0 rings (SSSR count). The molecule has 0 saturated carbocycles. The maximum absolute atomic E-state index is 12.7. The van der Waals surface area contributed by atoms with Crippen LogP contribution in [0.1, 0.15) is 188 Å². The van der Waals surface area contributed by atoms with Crippen molar-refractivity contribution in [2.24, 2.45) is 0 Å². The minimum Gasteiger partial charge on any atom is -0.462 e. The zero-order valence-corrected chi connectivity index (χ0v) is 38.9. The molecular weight excluding hydrogens is 757 g/mol. The van der Waals surface area contributed by atoms with E-state index >= 15 is 0 Å². The van der Waals surface area contributed by atoms with Gasteiger partial charge in [0.05, 0.1) is 0 Å². The van der Waals surface area contributed by atoms with E-state index in [-0.39, 0.29) is 37.5 Å². The summed E-state index contributed by atoms with van der Waals surface area (Å²) < 4.78 is 16.7. The lowest BCUT2D eigenvalue weighted by Crippen LogP contribution is -2.30. The van der Waals surface area contributed by atoms with Crippen molar-refractivity contribution in [1.29, 1.82) is 0 Å². The minimum absolute atomic E-state index is 0.107. The van der Waals surface area contributed by atoms with Crippen LogP contribution >= 0.6 is 0 Å². The molecule has 0 aromatic heterocycles. The van der Waals surface area contributed by atoms with E-state index in [1.807, 2.05) is 85.1 Å². The summed E-state index contributed by atoms with van der Waals surface area (Å²) in [4.78, 5) is 37.8. The summed E-state index contributed by atoms with van der Waals surface area (Å²) in [6, 6.07) is 0. The van der Waals surface area contributed by atoms with E-state index in [2.05, 4.69) is 57.2 Å². The average Bonchev–Trinajstić information content (AvgIpc) is 3.26. The van der Waals surface area contributed by atoms with Crippen LogP contribution < -0.4 is 0 Å². The first-order valence-corrected chi connectivity index (χ1v) is 24.2. The Labute approximate surface area is 373 Å². The molecule has 0 saturated heterocycles. The molecule has 0 aromatic rings. The molecule has 0 aliphatic carbocycles. The smallest absolute Gasteiger partial charge is 0.306 e. The second-order valence-corrected chi connectivity index (χ2v) is 15.5. The zero-order chi connectivity index (χ0) is 44.4. The topological polar surface area (TPSA) is 78.9 Å². The first-order chi connectivity index (χ1) is 30.0. The van der Waals surface area contributed by atoms with Gasteiger partial charge in [0, 0.05) is 19.3 Å². The van der Waals surface area contributed by atoms with E-state index in [4.69, 9.17) is 14.2 Å². The Balaban J connectivity index is 4.53. The number of esters is 3. The minimum atomic E-state index is -0.811. The molecule has 61 heavy (non-hydrogen) atoms. The van der Waals surface area contributed by atoms with Gasteiger partial charge in [-0.1, -0.05) is 232 Å². The number of hydrogen-bond donors (Lipinski definition) is 0. The van der Waals surface area contributed by atoms with Crippen molar-refractivity contribution in [3.8, 4) is 0 Å². The highest BCUT2D eigenvalue weighted by molar-refractivity contribution is 5.71. The summed E-state index contributed by atoms with van der Waals surface area (Å²) >= 11 is 0. The van der Waals surface area contributed by atoms with Crippen molar-refractivity contribution in [3.05, 3.63) is 122 Å². The highest BCUT2D eigenvalue weighted by Gasteiger charge is 2.19. The Bertz CT molecular complexity index is 1340. The van der Waals surface area contributed by atoms with E-state index in [0.29, 0.717) is 19.3 Å². The van der Waals surface area contributed by atoms with Crippen LogP contribution in [0, 0.1) is 0 Å². The number of unbranched alkanes of at least 4 members (excludes halogenated alkanes) is 18. The maximum Gasteiger partial charge on any atom is 0.306 e. The number of hydrogen-bond acceptors (Lipinski definition) is 6. The number of ether oxygens (including phenoxy) is 3. The molecule has 0 aliphatic rings. The highest BCUT2D eigenvalue weighted by Crippen LogP contribution is 2.13. The van der Waals surface area contributed by atoms with Crippen LogP contribution in [0.3, 0.4) is 0 Å². The van der Waals surface area contributed by atoms with E-state index < -0.39 is 6.10 Å². The first kappa shape index (κ1) is 56.8. The third-order valence-corrected chi connectivity index (χ3v) is 9.69. The van der Waals surface area contributed by atoms with Gasteiger partial charge in [0.15, 0.2) is 6.10 Å². The lowest BCUT2D eigenvalue weighted by Gasteiger charge is -2.18. The lowest BCUT2D eigenvalue weighted by molar-refractivity contribution is -0.167. The molecule has 6 heteroatoms. The van der Waals surface area contributed by atoms with Gasteiger partial charge in [0.2, 0.25) is 0 Å². The fourth-order valence-electron chi connectivity index (χ4n) is 6.08. The summed E-state index contributed by atoms with van der Waals surface area (Å²) in [6.45, 7) is 6.31. The normalized spacial score (nSPS) is 13.2. The quantitative estimate of drug-likeness (QED) is 0.0264. The van der Waals surface area contributed by atoms with Crippen molar-refractivity contribution in [2.75, 3.05) is 13.2 Å². The number of carbonyl (C=O) groups excluding carboxylic acids is 3. The van der Waals surface area contributed by atoms with Gasteiger partial charge in [-0.25, -0.2) is 0 Å². The molecule has 1 unspecified atom stereocenters. The van der Waals surface area contributed by atoms with Crippen molar-refractivity contribution >= 4 is 17.9 Å². The number of carbonyl (C=O) groups is 3. The largest absolute Gasteiger partial charge is 0.462 e. The molecule has 6 nitrogen and oxygen atoms in total. The van der Waals surface area contributed by atoms with Gasteiger partial charge >= 0.3 is 17.9 Å². The Kier molecular flexibility index (Phi) is 45.1. The molecule has 0 N–H and O–H groups in total. The summed E-state index contributed by atoms with van der Waals surface area (Å²) in [5.41, 5.74) is 0. The van der Waals surface area contributed by atoms with Crippen molar-refractivity contribution in [2.45, 2.75) is 194 Å². The van der Waals surface area contributed by atoms with Gasteiger partial charge in [-0.2, -0.15) is 0 Å². The second-order valence-electron chi connectivity index (χ2n) is 15.5. The van der Waals surface area contributed by atoms with Crippen molar-refractivity contribution in [3.63, 3.8) is 0 Å². The molecule has 0 fully saturated rings. The molecule has 0 heterocycles. The van der Waals surface area contributed by atoms with E-state index in [0.717, 1.165) is 89.9 Å². The predicted molar refractivity (Wildman–Crippen MR) is 260 cm³/mol. The Morgan fingerprint density at radius 1 is 0.344 bits per heavy atom. The maximum atomic E-state index is 12.7. The third kappa shape index (κ3) is 46.7. The van der Waals surface area contributed by atoms with Gasteiger partial charge < -0.3 is 14.2 Å². The van der Waals surface area contributed by atoms with Gasteiger partial charge in [-0.05, 0) is 57.8 Å². The lowest BCUT2D eigenvalue weighted by atomic mass is 10.1. The molecule has 342 valence electrons. The van der Waals surface area contributed by atoms with Crippen LogP contribution in [0.4, 0.5) is 0 Å². The Morgan fingerprint density at radius 3 is 1.08 bits per heavy atom. The van der Waals surface area contributed by atoms with E-state index in [9.17, 15) is 14.4 Å². The van der Waals surface area contributed by atoms with Gasteiger partial charge in [-0.3, -0.25) is 14.4 Å². The first-order valence-electron chi connectivity index (χ1n) is 24.2. The van der Waals surface area contributed by atoms with Crippen LogP contribution in [0.5, 0.6) is 0 Å². The molecule has 0 aliphatic heterocycles. The fraction of sp³-hybridized carbons (Fsp3) is 0.582. The van der Waals surface area contributed by atoms with Gasteiger partial charge in [-0.15, -0.1) is 0 Å². The van der Waals surface area contributed by atoms with Crippen molar-refractivity contribution < 1.29 is 28.6 Å². The van der Waals surface area contributed by atoms with Crippen LogP contribution in [0.15, 0.2) is 122 Å². The number of allylic oxidation sites excluding steroid dienone is 20. The summed E-state index contributed by atoms with van der Waals surface area (Å²) in [7, 11) is 0. The highest BCUT2D eigenvalue weighted by atomic mass is 16.6. The predicted octanol–water partition coefficient (Wildman–Crippen LogP) is 15.7. The molecule has 0 aromatic carbocycles. The third-order valence-electron chi connectivity index (χ3n) is 9.69. The van der Waals surface area contributed by atoms with E-state index in [1.165, 1.54) is 51.4 Å². The van der Waals surface area contributed by atoms with Crippen LogP contribution in [-0.2, 0) is 28.6 Å². The SMILES string of the molecule is CC\C=C/C=C\C=C/C=C\C=C/CCCCCC(=O)OC(COC(=O)CCCCCCC\C=C/C=C\C=C/C=C\C=C/CCC)COC(=O)CCCCCCCCCCCC. The van der Waals surface area contributed by atoms with E-state index in [1.54, 1.807) is 0 Å². The Morgan fingerprint density at radius 2 is 0.672 bits per heavy atom. The molecule has 0 spiro atoms. The van der Waals surface area contributed by atoms with Gasteiger partial charge in [0.1, 0.15) is 13.2 Å². The Hall–Kier alpha value is -4.19. The standard InChI is InChI=1S/C55H86O6/c1-4-7-10-13-16-19-22-24-26-27-28-30-31-33-36-39-42-45-48-54(57)60-51-52(50-59-53(56)47-44-41-38-35-21-18-15-12-9-6-3)61-55(58)49-46-43-40-37-34-32-29-25-23-20-17-14-11-8-5-2/h8,10-11,13-14,16-17,19-20,22-30,32,34,52H,4-7,9,12,15,18,21,31,33,35-51H2,1-3H3/b11-8-,13-10-,17-14-,19-16-,23-20-,24-22-,27-26-,29-25-,30-28-,34-32-. The molecule has 0 radical (unpaired) electrons. The summed E-state index contributed by atoms with van der Waals surface area (Å²) in [5, 5.41) is 0. The number of rotatable bonds is 41. The molecule has 0 bridgehead atoms. The summed E-state index contributed by atoms with van der Waals surface area (Å²) in [6.07, 6.45) is 66.0. The van der Waals surface area contributed by atoms with Crippen molar-refractivity contribution in [1.82, 2.24) is 0 Å². The zero-order valence-electron chi connectivity index (χ0n) is 38.9. The monoisotopic (exact) mass is 843 g/mol. The van der Waals surface area contributed by atoms with Crippen LogP contribution in [0.25, 0.3) is 0 Å². The molecule has 1 atom stereocenters. The summed E-state index contributed by atoms with van der Waals surface area (Å²) in [5.74, 6) is -0.987. The molecule has 0 amide bonds. The van der Waals surface area contributed by atoms with Crippen LogP contribution in [0.2, 0.25) is 0 Å². The van der Waals surface area contributed by atoms with Gasteiger partial charge in [0.25, 0.3) is 0 Å².